The lowest BCUT2D eigenvalue weighted by Gasteiger charge is -2.08. The van der Waals surface area contributed by atoms with Gasteiger partial charge >= 0.3 is 0 Å². The summed E-state index contributed by atoms with van der Waals surface area (Å²) in [6.07, 6.45) is 0. The third-order valence-corrected chi connectivity index (χ3v) is 4.59. The highest BCUT2D eigenvalue weighted by atomic mass is 127. The highest BCUT2D eigenvalue weighted by Gasteiger charge is 2.13. The minimum absolute atomic E-state index is 0.234. The van der Waals surface area contributed by atoms with Crippen LogP contribution in [-0.2, 0) is 10.0 Å². The van der Waals surface area contributed by atoms with Gasteiger partial charge in [-0.2, -0.15) is 0 Å². The van der Waals surface area contributed by atoms with Crippen LogP contribution >= 0.6 is 34.2 Å². The quantitative estimate of drug-likeness (QED) is 0.808. The summed E-state index contributed by atoms with van der Waals surface area (Å²) in [6, 6.07) is 13.1. The third-order valence-electron chi connectivity index (χ3n) is 2.22. The fourth-order valence-corrected chi connectivity index (χ4v) is 2.89. The summed E-state index contributed by atoms with van der Waals surface area (Å²) >= 11 is 7.86. The number of anilines is 1. The van der Waals surface area contributed by atoms with Crippen LogP contribution in [0.5, 0.6) is 0 Å². The van der Waals surface area contributed by atoms with Gasteiger partial charge in [-0.05, 0) is 71.1 Å². The van der Waals surface area contributed by atoms with Crippen LogP contribution in [0.2, 0.25) is 5.02 Å². The molecule has 1 N–H and O–H groups in total. The van der Waals surface area contributed by atoms with E-state index in [4.69, 9.17) is 11.6 Å². The number of benzene rings is 2. The first kappa shape index (κ1) is 13.6. The molecule has 0 aliphatic heterocycles. The van der Waals surface area contributed by atoms with Gasteiger partial charge in [-0.3, -0.25) is 4.72 Å². The molecule has 18 heavy (non-hydrogen) atoms. The number of rotatable bonds is 3. The van der Waals surface area contributed by atoms with Crippen molar-refractivity contribution in [1.82, 2.24) is 0 Å². The van der Waals surface area contributed by atoms with Crippen LogP contribution < -0.4 is 4.72 Å². The Bertz CT molecular complexity index is 639. The number of hydrogen-bond acceptors (Lipinski definition) is 2. The van der Waals surface area contributed by atoms with E-state index < -0.39 is 10.0 Å². The van der Waals surface area contributed by atoms with Gasteiger partial charge in [0.15, 0.2) is 0 Å². The van der Waals surface area contributed by atoms with E-state index in [0.29, 0.717) is 10.7 Å². The van der Waals surface area contributed by atoms with Crippen LogP contribution in [0.3, 0.4) is 0 Å². The minimum Gasteiger partial charge on any atom is -0.280 e. The van der Waals surface area contributed by atoms with Gasteiger partial charge in [-0.25, -0.2) is 8.42 Å². The van der Waals surface area contributed by atoms with Crippen molar-refractivity contribution in [2.24, 2.45) is 0 Å². The summed E-state index contributed by atoms with van der Waals surface area (Å²) in [4.78, 5) is 0.234. The van der Waals surface area contributed by atoms with E-state index in [1.807, 2.05) is 0 Å². The topological polar surface area (TPSA) is 46.2 Å². The molecule has 0 bridgehead atoms. The second-order valence-corrected chi connectivity index (χ2v) is 6.93. The Morgan fingerprint density at radius 2 is 1.50 bits per heavy atom. The summed E-state index contributed by atoms with van der Waals surface area (Å²) in [6.45, 7) is 0. The van der Waals surface area contributed by atoms with Crippen LogP contribution in [-0.4, -0.2) is 8.42 Å². The van der Waals surface area contributed by atoms with Gasteiger partial charge in [0.05, 0.1) is 4.90 Å². The predicted octanol–water partition coefficient (Wildman–Crippen LogP) is 3.75. The minimum atomic E-state index is -3.54. The van der Waals surface area contributed by atoms with Crippen LogP contribution in [0.4, 0.5) is 5.69 Å². The molecule has 2 aromatic carbocycles. The summed E-state index contributed by atoms with van der Waals surface area (Å²) in [5.41, 5.74) is 0.484. The Hall–Kier alpha value is -0.790. The lowest BCUT2D eigenvalue weighted by molar-refractivity contribution is 0.601. The predicted molar refractivity (Wildman–Crippen MR) is 81.4 cm³/mol. The molecule has 0 aliphatic rings. The molecule has 0 amide bonds. The fraction of sp³-hybridized carbons (Fsp3) is 0. The zero-order valence-electron chi connectivity index (χ0n) is 9.10. The lowest BCUT2D eigenvalue weighted by Crippen LogP contribution is -2.12. The molecule has 0 heterocycles. The van der Waals surface area contributed by atoms with E-state index >= 15 is 0 Å². The van der Waals surface area contributed by atoms with E-state index in [-0.39, 0.29) is 4.90 Å². The van der Waals surface area contributed by atoms with Crippen molar-refractivity contribution in [3.8, 4) is 0 Å². The Labute approximate surface area is 124 Å². The molecule has 6 heteroatoms. The van der Waals surface area contributed by atoms with Crippen LogP contribution in [0.15, 0.2) is 53.4 Å². The van der Waals surface area contributed by atoms with Crippen molar-refractivity contribution in [3.63, 3.8) is 0 Å². The first-order valence-corrected chi connectivity index (χ1v) is 7.95. The molecule has 3 nitrogen and oxygen atoms in total. The van der Waals surface area contributed by atoms with Gasteiger partial charge in [0.1, 0.15) is 0 Å². The molecule has 2 aromatic rings. The third kappa shape index (κ3) is 3.37. The number of hydrogen-bond donors (Lipinski definition) is 1. The van der Waals surface area contributed by atoms with Crippen molar-refractivity contribution in [2.45, 2.75) is 4.90 Å². The molecule has 0 aliphatic carbocycles. The van der Waals surface area contributed by atoms with Crippen molar-refractivity contribution in [2.75, 3.05) is 4.72 Å². The Morgan fingerprint density at radius 3 is 2.06 bits per heavy atom. The molecule has 0 saturated carbocycles. The maximum atomic E-state index is 12.1. The second kappa shape index (κ2) is 5.46. The van der Waals surface area contributed by atoms with Crippen LogP contribution in [0.25, 0.3) is 0 Å². The lowest BCUT2D eigenvalue weighted by atomic mass is 10.3. The van der Waals surface area contributed by atoms with E-state index in [0.717, 1.165) is 3.57 Å². The average molecular weight is 394 g/mol. The number of sulfonamides is 1. The zero-order valence-corrected chi connectivity index (χ0v) is 12.8. The largest absolute Gasteiger partial charge is 0.280 e. The Balaban J connectivity index is 2.27. The van der Waals surface area contributed by atoms with Gasteiger partial charge in [0.25, 0.3) is 10.0 Å². The molecule has 0 aromatic heterocycles. The smallest absolute Gasteiger partial charge is 0.261 e. The van der Waals surface area contributed by atoms with E-state index in [2.05, 4.69) is 27.3 Å². The molecule has 0 saturated heterocycles. The molecule has 2 rings (SSSR count). The molecule has 0 fully saturated rings. The SMILES string of the molecule is O=S(=O)(Nc1ccc(Cl)cc1)c1ccc(I)cc1. The summed E-state index contributed by atoms with van der Waals surface area (Å²) in [5, 5.41) is 0.562. The zero-order chi connectivity index (χ0) is 13.2. The monoisotopic (exact) mass is 393 g/mol. The highest BCUT2D eigenvalue weighted by molar-refractivity contribution is 14.1. The summed E-state index contributed by atoms with van der Waals surface area (Å²) in [7, 11) is -3.54. The summed E-state index contributed by atoms with van der Waals surface area (Å²) in [5.74, 6) is 0. The van der Waals surface area contributed by atoms with Gasteiger partial charge < -0.3 is 0 Å². The van der Waals surface area contributed by atoms with Crippen LogP contribution in [0.1, 0.15) is 0 Å². The first-order valence-electron chi connectivity index (χ1n) is 5.01. The fourth-order valence-electron chi connectivity index (χ4n) is 1.35. The van der Waals surface area contributed by atoms with Gasteiger partial charge in [0.2, 0.25) is 0 Å². The van der Waals surface area contributed by atoms with Crippen molar-refractivity contribution in [1.29, 1.82) is 0 Å². The molecular formula is C12H9ClINO2S. The molecule has 0 radical (unpaired) electrons. The maximum absolute atomic E-state index is 12.1. The summed E-state index contributed by atoms with van der Waals surface area (Å²) < 4.78 is 27.6. The van der Waals surface area contributed by atoms with Gasteiger partial charge in [-0.15, -0.1) is 0 Å². The standard InChI is InChI=1S/C12H9ClINO2S/c13-9-1-5-11(6-2-9)15-18(16,17)12-7-3-10(14)4-8-12/h1-8,15H. The number of nitrogens with one attached hydrogen (secondary N) is 1. The molecule has 0 atom stereocenters. The van der Waals surface area contributed by atoms with E-state index in [1.165, 1.54) is 0 Å². The number of halogens is 2. The highest BCUT2D eigenvalue weighted by Crippen LogP contribution is 2.19. The molecule has 0 unspecified atom stereocenters. The van der Waals surface area contributed by atoms with Crippen molar-refractivity contribution in [3.05, 3.63) is 57.1 Å². The average Bonchev–Trinajstić information content (AvgIpc) is 2.32. The van der Waals surface area contributed by atoms with Gasteiger partial charge in [-0.1, -0.05) is 11.6 Å². The Morgan fingerprint density at radius 1 is 0.944 bits per heavy atom. The Kier molecular flexibility index (Phi) is 4.14. The normalized spacial score (nSPS) is 11.2. The maximum Gasteiger partial charge on any atom is 0.261 e. The second-order valence-electron chi connectivity index (χ2n) is 3.57. The van der Waals surface area contributed by atoms with Crippen molar-refractivity contribution < 1.29 is 8.42 Å². The van der Waals surface area contributed by atoms with E-state index in [9.17, 15) is 8.42 Å². The molecule has 94 valence electrons. The van der Waals surface area contributed by atoms with E-state index in [1.54, 1.807) is 48.5 Å². The molecular weight excluding hydrogens is 385 g/mol. The van der Waals surface area contributed by atoms with Crippen molar-refractivity contribution >= 4 is 49.9 Å². The van der Waals surface area contributed by atoms with Crippen LogP contribution in [0, 0.1) is 3.57 Å². The van der Waals surface area contributed by atoms with Gasteiger partial charge in [0, 0.05) is 14.3 Å². The molecule has 0 spiro atoms. The first-order chi connectivity index (χ1) is 8.47.